The number of hydrogen-bond acceptors (Lipinski definition) is 3. The van der Waals surface area contributed by atoms with Gasteiger partial charge in [0.25, 0.3) is 0 Å². The molecule has 4 heteroatoms. The van der Waals surface area contributed by atoms with Gasteiger partial charge >= 0.3 is 0 Å². The van der Waals surface area contributed by atoms with E-state index in [2.05, 4.69) is 0 Å². The van der Waals surface area contributed by atoms with E-state index < -0.39 is 0 Å². The number of hydrogen-bond donors (Lipinski definition) is 2. The van der Waals surface area contributed by atoms with Gasteiger partial charge in [-0.15, -0.1) is 12.4 Å². The molecule has 0 fully saturated rings. The molecule has 0 radical (unpaired) electrons. The quantitative estimate of drug-likeness (QED) is 0.502. The third-order valence-electron chi connectivity index (χ3n) is 3.29. The van der Waals surface area contributed by atoms with Crippen LogP contribution in [0.2, 0.25) is 0 Å². The van der Waals surface area contributed by atoms with E-state index in [9.17, 15) is 9.90 Å². The fourth-order valence-corrected chi connectivity index (χ4v) is 2.01. The lowest BCUT2D eigenvalue weighted by atomic mass is 9.84. The number of nitrogens with two attached hydrogens (primary N) is 1. The zero-order chi connectivity index (χ0) is 14.9. The molecule has 0 aromatic heterocycles. The Morgan fingerprint density at radius 1 is 1.10 bits per heavy atom. The SMILES string of the molecule is CC(C)(C)c1cc(N)c(O)c(C(=O)c2ccccc2)c1.Cl. The number of carbonyl (C=O) groups is 1. The van der Waals surface area contributed by atoms with Gasteiger partial charge in [0.1, 0.15) is 5.75 Å². The Kier molecular flexibility index (Phi) is 5.02. The van der Waals surface area contributed by atoms with Crippen LogP contribution in [0.1, 0.15) is 42.3 Å². The highest BCUT2D eigenvalue weighted by Gasteiger charge is 2.21. The molecule has 0 spiro atoms. The maximum atomic E-state index is 12.5. The fourth-order valence-electron chi connectivity index (χ4n) is 2.01. The molecule has 3 nitrogen and oxygen atoms in total. The normalized spacial score (nSPS) is 10.8. The summed E-state index contributed by atoms with van der Waals surface area (Å²) in [6.07, 6.45) is 0. The molecular weight excluding hydrogens is 286 g/mol. The van der Waals surface area contributed by atoms with Gasteiger partial charge in [-0.1, -0.05) is 51.1 Å². The minimum absolute atomic E-state index is 0. The number of carbonyl (C=O) groups excluding carboxylic acids is 1. The topological polar surface area (TPSA) is 63.3 Å². The number of anilines is 1. The Bertz CT molecular complexity index is 646. The summed E-state index contributed by atoms with van der Waals surface area (Å²) in [4.78, 5) is 12.5. The summed E-state index contributed by atoms with van der Waals surface area (Å²) in [6.45, 7) is 6.11. The summed E-state index contributed by atoms with van der Waals surface area (Å²) in [5, 5.41) is 10.1. The summed E-state index contributed by atoms with van der Waals surface area (Å²) in [6, 6.07) is 12.3. The first-order valence-electron chi connectivity index (χ1n) is 6.53. The Morgan fingerprint density at radius 2 is 1.67 bits per heavy atom. The Labute approximate surface area is 131 Å². The van der Waals surface area contributed by atoms with Crippen LogP contribution < -0.4 is 5.73 Å². The molecule has 0 heterocycles. The van der Waals surface area contributed by atoms with Crippen LogP contribution in [0.15, 0.2) is 42.5 Å². The predicted octanol–water partition coefficient (Wildman–Crippen LogP) is 3.92. The molecule has 3 N–H and O–H groups in total. The van der Waals surface area contributed by atoms with E-state index in [1.807, 2.05) is 26.8 Å². The van der Waals surface area contributed by atoms with Crippen LogP contribution in [-0.2, 0) is 5.41 Å². The molecule has 0 aliphatic rings. The number of benzene rings is 2. The van der Waals surface area contributed by atoms with Gasteiger partial charge in [0.2, 0.25) is 0 Å². The molecule has 2 aromatic rings. The van der Waals surface area contributed by atoms with Crippen LogP contribution in [0.25, 0.3) is 0 Å². The minimum atomic E-state index is -0.221. The van der Waals surface area contributed by atoms with Crippen LogP contribution in [-0.4, -0.2) is 10.9 Å². The van der Waals surface area contributed by atoms with E-state index in [0.717, 1.165) is 5.56 Å². The molecule has 2 aromatic carbocycles. The minimum Gasteiger partial charge on any atom is -0.505 e. The molecule has 0 aliphatic heterocycles. The molecule has 0 amide bonds. The Balaban J connectivity index is 0.00000220. The summed E-state index contributed by atoms with van der Waals surface area (Å²) >= 11 is 0. The van der Waals surface area contributed by atoms with Crippen molar-refractivity contribution < 1.29 is 9.90 Å². The van der Waals surface area contributed by atoms with Crippen molar-refractivity contribution in [3.63, 3.8) is 0 Å². The van der Waals surface area contributed by atoms with Crippen molar-refractivity contribution in [3.05, 3.63) is 59.2 Å². The van der Waals surface area contributed by atoms with Gasteiger partial charge in [-0.05, 0) is 23.1 Å². The monoisotopic (exact) mass is 305 g/mol. The fraction of sp³-hybridized carbons (Fsp3) is 0.235. The second-order valence-corrected chi connectivity index (χ2v) is 5.91. The van der Waals surface area contributed by atoms with Crippen molar-refractivity contribution in [2.24, 2.45) is 0 Å². The summed E-state index contributed by atoms with van der Waals surface area (Å²) in [5.41, 5.74) is 7.63. The molecule has 0 atom stereocenters. The van der Waals surface area contributed by atoms with Crippen LogP contribution >= 0.6 is 12.4 Å². The van der Waals surface area contributed by atoms with E-state index in [4.69, 9.17) is 5.73 Å². The highest BCUT2D eigenvalue weighted by molar-refractivity contribution is 6.11. The third-order valence-corrected chi connectivity index (χ3v) is 3.29. The molecule has 112 valence electrons. The molecule has 0 aliphatic carbocycles. The number of phenolic OH excluding ortho intramolecular Hbond substituents is 1. The van der Waals surface area contributed by atoms with E-state index in [1.54, 1.807) is 36.4 Å². The zero-order valence-electron chi connectivity index (χ0n) is 12.4. The molecule has 2 rings (SSSR count). The van der Waals surface area contributed by atoms with Crippen molar-refractivity contribution >= 4 is 23.9 Å². The third kappa shape index (κ3) is 3.56. The molecule has 0 saturated carbocycles. The molecule has 0 saturated heterocycles. The van der Waals surface area contributed by atoms with Crippen molar-refractivity contribution in [2.75, 3.05) is 5.73 Å². The Hall–Kier alpha value is -2.00. The van der Waals surface area contributed by atoms with Crippen molar-refractivity contribution in [1.82, 2.24) is 0 Å². The van der Waals surface area contributed by atoms with Gasteiger partial charge in [0.05, 0.1) is 11.3 Å². The summed E-state index contributed by atoms with van der Waals surface area (Å²) < 4.78 is 0. The Morgan fingerprint density at radius 3 is 2.19 bits per heavy atom. The standard InChI is InChI=1S/C17H19NO2.ClH/c1-17(2,3)12-9-13(16(20)14(18)10-12)15(19)11-7-5-4-6-8-11;/h4-10,20H,18H2,1-3H3;1H. The summed E-state index contributed by atoms with van der Waals surface area (Å²) in [7, 11) is 0. The molecule has 21 heavy (non-hydrogen) atoms. The van der Waals surface area contributed by atoms with Gasteiger partial charge in [-0.3, -0.25) is 4.79 Å². The van der Waals surface area contributed by atoms with Crippen molar-refractivity contribution in [1.29, 1.82) is 0 Å². The largest absolute Gasteiger partial charge is 0.505 e. The van der Waals surface area contributed by atoms with Crippen LogP contribution in [0.5, 0.6) is 5.75 Å². The maximum absolute atomic E-state index is 12.5. The number of phenols is 1. The van der Waals surface area contributed by atoms with Crippen molar-refractivity contribution in [3.8, 4) is 5.75 Å². The molecular formula is C17H20ClNO2. The van der Waals surface area contributed by atoms with Gasteiger partial charge in [-0.25, -0.2) is 0 Å². The lowest BCUT2D eigenvalue weighted by molar-refractivity contribution is 0.103. The van der Waals surface area contributed by atoms with E-state index in [-0.39, 0.29) is 40.6 Å². The van der Waals surface area contributed by atoms with E-state index in [0.29, 0.717) is 5.56 Å². The van der Waals surface area contributed by atoms with Gasteiger partial charge in [0.15, 0.2) is 5.78 Å². The van der Waals surface area contributed by atoms with Gasteiger partial charge in [0, 0.05) is 5.56 Å². The van der Waals surface area contributed by atoms with Crippen molar-refractivity contribution in [2.45, 2.75) is 26.2 Å². The first kappa shape index (κ1) is 17.1. The van der Waals surface area contributed by atoms with Crippen LogP contribution in [0, 0.1) is 0 Å². The molecule has 0 bridgehead atoms. The van der Waals surface area contributed by atoms with E-state index >= 15 is 0 Å². The van der Waals surface area contributed by atoms with Gasteiger partial charge in [-0.2, -0.15) is 0 Å². The first-order chi connectivity index (χ1) is 9.30. The smallest absolute Gasteiger partial charge is 0.196 e. The zero-order valence-corrected chi connectivity index (χ0v) is 13.2. The van der Waals surface area contributed by atoms with Crippen LogP contribution in [0.4, 0.5) is 5.69 Å². The highest BCUT2D eigenvalue weighted by atomic mass is 35.5. The first-order valence-corrected chi connectivity index (χ1v) is 6.53. The lowest BCUT2D eigenvalue weighted by Gasteiger charge is -2.21. The second kappa shape index (κ2) is 6.19. The lowest BCUT2D eigenvalue weighted by Crippen LogP contribution is -2.14. The van der Waals surface area contributed by atoms with Crippen LogP contribution in [0.3, 0.4) is 0 Å². The molecule has 0 unspecified atom stereocenters. The van der Waals surface area contributed by atoms with E-state index in [1.165, 1.54) is 0 Å². The maximum Gasteiger partial charge on any atom is 0.196 e. The highest BCUT2D eigenvalue weighted by Crippen LogP contribution is 2.33. The number of ketones is 1. The number of aromatic hydroxyl groups is 1. The average Bonchev–Trinajstić information content (AvgIpc) is 2.40. The number of nitrogen functional groups attached to an aromatic ring is 1. The average molecular weight is 306 g/mol. The number of rotatable bonds is 2. The second-order valence-electron chi connectivity index (χ2n) is 5.91. The number of halogens is 1. The predicted molar refractivity (Wildman–Crippen MR) is 88.3 cm³/mol. The summed E-state index contributed by atoms with van der Waals surface area (Å²) in [5.74, 6) is -0.368. The van der Waals surface area contributed by atoms with Gasteiger partial charge < -0.3 is 10.8 Å².